The van der Waals surface area contributed by atoms with Crippen molar-refractivity contribution < 1.29 is 4.79 Å². The summed E-state index contributed by atoms with van der Waals surface area (Å²) in [7, 11) is 0. The summed E-state index contributed by atoms with van der Waals surface area (Å²) in [5.41, 5.74) is 0.860. The minimum Gasteiger partial charge on any atom is -0.294 e. The smallest absolute Gasteiger partial charge is 0.162 e. The summed E-state index contributed by atoms with van der Waals surface area (Å²) in [6.07, 6.45) is 8.12. The predicted octanol–water partition coefficient (Wildman–Crippen LogP) is 5.26. The molecule has 1 rings (SSSR count). The lowest BCUT2D eigenvalue weighted by molar-refractivity contribution is 0.0977. The van der Waals surface area contributed by atoms with Gasteiger partial charge >= 0.3 is 0 Å². The Morgan fingerprint density at radius 1 is 1.06 bits per heavy atom. The number of hydrogen-bond donors (Lipinski definition) is 0. The van der Waals surface area contributed by atoms with Crippen molar-refractivity contribution in [3.8, 4) is 0 Å². The molecule has 0 saturated heterocycles. The van der Waals surface area contributed by atoms with E-state index < -0.39 is 0 Å². The van der Waals surface area contributed by atoms with Crippen molar-refractivity contribution in [1.29, 1.82) is 0 Å². The molecule has 100 valence electrons. The van der Waals surface area contributed by atoms with E-state index in [-0.39, 0.29) is 0 Å². The minimum absolute atomic E-state index is 0.293. The number of benzene rings is 1. The van der Waals surface area contributed by atoms with Crippen LogP contribution in [-0.4, -0.2) is 5.78 Å². The molecule has 1 heteroatoms. The summed E-state index contributed by atoms with van der Waals surface area (Å²) in [6, 6.07) is 9.65. The van der Waals surface area contributed by atoms with Gasteiger partial charge < -0.3 is 0 Å². The van der Waals surface area contributed by atoms with Gasteiger partial charge in [0.1, 0.15) is 0 Å². The van der Waals surface area contributed by atoms with E-state index in [0.29, 0.717) is 12.2 Å². The minimum atomic E-state index is 0.293. The molecule has 0 aromatic heterocycles. The highest BCUT2D eigenvalue weighted by Gasteiger charge is 2.08. The molecule has 0 aliphatic rings. The molecule has 0 amide bonds. The SMILES string of the molecule is CCCCC(CC)CCCC(=O)c1ccccc1. The highest BCUT2D eigenvalue weighted by molar-refractivity contribution is 5.95. The molecule has 0 heterocycles. The Hall–Kier alpha value is -1.11. The maximum Gasteiger partial charge on any atom is 0.162 e. The first kappa shape index (κ1) is 14.9. The zero-order valence-corrected chi connectivity index (χ0v) is 11.8. The second kappa shape index (κ2) is 8.91. The quantitative estimate of drug-likeness (QED) is 0.543. The van der Waals surface area contributed by atoms with Gasteiger partial charge in [0.2, 0.25) is 0 Å². The first-order valence-electron chi connectivity index (χ1n) is 7.36. The first-order chi connectivity index (χ1) is 8.77. The zero-order valence-electron chi connectivity index (χ0n) is 11.8. The average Bonchev–Trinajstić information content (AvgIpc) is 2.43. The molecule has 0 radical (unpaired) electrons. The van der Waals surface area contributed by atoms with E-state index in [1.54, 1.807) is 0 Å². The normalized spacial score (nSPS) is 12.3. The van der Waals surface area contributed by atoms with Crippen LogP contribution in [0, 0.1) is 5.92 Å². The first-order valence-corrected chi connectivity index (χ1v) is 7.36. The molecule has 1 aromatic rings. The van der Waals surface area contributed by atoms with Gasteiger partial charge in [-0.1, -0.05) is 76.3 Å². The van der Waals surface area contributed by atoms with Gasteiger partial charge in [0.15, 0.2) is 5.78 Å². The number of carbonyl (C=O) groups is 1. The van der Waals surface area contributed by atoms with Gasteiger partial charge in [-0.3, -0.25) is 4.79 Å². The Kier molecular flexibility index (Phi) is 7.40. The number of Topliss-reactive ketones (excluding diaryl/α,β-unsaturated/α-hetero) is 1. The van der Waals surface area contributed by atoms with Gasteiger partial charge in [-0.05, 0) is 12.3 Å². The van der Waals surface area contributed by atoms with Crippen LogP contribution in [0.25, 0.3) is 0 Å². The average molecular weight is 246 g/mol. The van der Waals surface area contributed by atoms with Crippen LogP contribution in [0.3, 0.4) is 0 Å². The molecule has 0 spiro atoms. The fourth-order valence-corrected chi connectivity index (χ4v) is 2.37. The molecule has 1 nitrogen and oxygen atoms in total. The third-order valence-corrected chi connectivity index (χ3v) is 3.66. The maximum atomic E-state index is 11.9. The van der Waals surface area contributed by atoms with E-state index in [4.69, 9.17) is 0 Å². The number of hydrogen-bond acceptors (Lipinski definition) is 1. The van der Waals surface area contributed by atoms with Crippen molar-refractivity contribution in [2.24, 2.45) is 5.92 Å². The van der Waals surface area contributed by atoms with Gasteiger partial charge in [-0.15, -0.1) is 0 Å². The largest absolute Gasteiger partial charge is 0.294 e. The second-order valence-electron chi connectivity index (χ2n) is 5.10. The van der Waals surface area contributed by atoms with Gasteiger partial charge in [0.25, 0.3) is 0 Å². The molecule has 18 heavy (non-hydrogen) atoms. The third-order valence-electron chi connectivity index (χ3n) is 3.66. The van der Waals surface area contributed by atoms with Crippen molar-refractivity contribution in [3.63, 3.8) is 0 Å². The molecule has 0 aliphatic carbocycles. The van der Waals surface area contributed by atoms with Crippen LogP contribution in [0.5, 0.6) is 0 Å². The van der Waals surface area contributed by atoms with E-state index in [0.717, 1.165) is 17.9 Å². The second-order valence-corrected chi connectivity index (χ2v) is 5.10. The Balaban J connectivity index is 2.26. The number of ketones is 1. The maximum absolute atomic E-state index is 11.9. The molecule has 0 fully saturated rings. The van der Waals surface area contributed by atoms with Gasteiger partial charge in [-0.25, -0.2) is 0 Å². The Morgan fingerprint density at radius 3 is 2.33 bits per heavy atom. The van der Waals surface area contributed by atoms with Crippen LogP contribution in [0.4, 0.5) is 0 Å². The highest BCUT2D eigenvalue weighted by atomic mass is 16.1. The molecular formula is C17H26O. The van der Waals surface area contributed by atoms with Crippen LogP contribution >= 0.6 is 0 Å². The number of unbranched alkanes of at least 4 members (excludes halogenated alkanes) is 1. The fourth-order valence-electron chi connectivity index (χ4n) is 2.37. The number of carbonyl (C=O) groups excluding carboxylic acids is 1. The summed E-state index contributed by atoms with van der Waals surface area (Å²) in [5.74, 6) is 1.11. The summed E-state index contributed by atoms with van der Waals surface area (Å²) in [4.78, 5) is 11.9. The molecule has 0 N–H and O–H groups in total. The molecule has 0 aliphatic heterocycles. The topological polar surface area (TPSA) is 17.1 Å². The molecular weight excluding hydrogens is 220 g/mol. The monoisotopic (exact) mass is 246 g/mol. The van der Waals surface area contributed by atoms with Gasteiger partial charge in [0, 0.05) is 12.0 Å². The van der Waals surface area contributed by atoms with Gasteiger partial charge in [-0.2, -0.15) is 0 Å². The van der Waals surface area contributed by atoms with E-state index in [2.05, 4.69) is 13.8 Å². The van der Waals surface area contributed by atoms with E-state index in [1.165, 1.54) is 32.1 Å². The van der Waals surface area contributed by atoms with Crippen molar-refractivity contribution in [2.75, 3.05) is 0 Å². The molecule has 1 atom stereocenters. The summed E-state index contributed by atoms with van der Waals surface area (Å²) in [5, 5.41) is 0. The Labute approximate surface area is 112 Å². The molecule has 0 saturated carbocycles. The van der Waals surface area contributed by atoms with Crippen LogP contribution in [0.15, 0.2) is 30.3 Å². The summed E-state index contributed by atoms with van der Waals surface area (Å²) >= 11 is 0. The Bertz CT molecular complexity index is 329. The molecule has 1 aromatic carbocycles. The van der Waals surface area contributed by atoms with Crippen molar-refractivity contribution >= 4 is 5.78 Å². The van der Waals surface area contributed by atoms with Crippen molar-refractivity contribution in [3.05, 3.63) is 35.9 Å². The Morgan fingerprint density at radius 2 is 1.72 bits per heavy atom. The molecule has 0 bridgehead atoms. The van der Waals surface area contributed by atoms with E-state index in [9.17, 15) is 4.79 Å². The summed E-state index contributed by atoms with van der Waals surface area (Å²) < 4.78 is 0. The third kappa shape index (κ3) is 5.48. The lowest BCUT2D eigenvalue weighted by Gasteiger charge is -2.13. The van der Waals surface area contributed by atoms with Crippen molar-refractivity contribution in [2.45, 2.75) is 58.8 Å². The highest BCUT2D eigenvalue weighted by Crippen LogP contribution is 2.20. The molecule has 1 unspecified atom stereocenters. The fraction of sp³-hybridized carbons (Fsp3) is 0.588. The van der Waals surface area contributed by atoms with Crippen LogP contribution in [0.2, 0.25) is 0 Å². The zero-order chi connectivity index (χ0) is 13.2. The van der Waals surface area contributed by atoms with Crippen LogP contribution in [-0.2, 0) is 0 Å². The summed E-state index contributed by atoms with van der Waals surface area (Å²) in [6.45, 7) is 4.50. The van der Waals surface area contributed by atoms with Crippen LogP contribution < -0.4 is 0 Å². The van der Waals surface area contributed by atoms with E-state index >= 15 is 0 Å². The number of rotatable bonds is 9. The standard InChI is InChI=1S/C17H26O/c1-3-5-10-15(4-2)11-9-14-17(18)16-12-7-6-8-13-16/h6-8,12-13,15H,3-5,9-11,14H2,1-2H3. The van der Waals surface area contributed by atoms with E-state index in [1.807, 2.05) is 30.3 Å². The van der Waals surface area contributed by atoms with Gasteiger partial charge in [0.05, 0.1) is 0 Å². The van der Waals surface area contributed by atoms with Crippen LogP contribution in [0.1, 0.15) is 69.2 Å². The van der Waals surface area contributed by atoms with Crippen molar-refractivity contribution in [1.82, 2.24) is 0 Å². The predicted molar refractivity (Wildman–Crippen MR) is 77.9 cm³/mol. The lowest BCUT2D eigenvalue weighted by Crippen LogP contribution is -2.03. The lowest BCUT2D eigenvalue weighted by atomic mass is 9.92.